The van der Waals surface area contributed by atoms with Crippen molar-refractivity contribution >= 4 is 5.97 Å². The summed E-state index contributed by atoms with van der Waals surface area (Å²) in [4.78, 5) is 11.0. The maximum atomic E-state index is 12.8. The van der Waals surface area contributed by atoms with Gasteiger partial charge in [0.1, 0.15) is 0 Å². The van der Waals surface area contributed by atoms with Crippen molar-refractivity contribution in [3.8, 4) is 5.75 Å². The Morgan fingerprint density at radius 3 is 2.93 bits per heavy atom. The Labute approximate surface area is 81.1 Å². The van der Waals surface area contributed by atoms with Crippen LogP contribution >= 0.6 is 0 Å². The zero-order valence-electron chi connectivity index (χ0n) is 7.79. The number of aromatic hydroxyl groups is 1. The van der Waals surface area contributed by atoms with Gasteiger partial charge in [-0.1, -0.05) is 12.1 Å². The van der Waals surface area contributed by atoms with E-state index >= 15 is 0 Å². The van der Waals surface area contributed by atoms with E-state index in [-0.39, 0.29) is 18.6 Å². The third-order valence-corrected chi connectivity index (χ3v) is 1.71. The second-order valence-corrected chi connectivity index (χ2v) is 2.73. The number of para-hydroxylation sites is 1. The third kappa shape index (κ3) is 2.45. The lowest BCUT2D eigenvalue weighted by atomic mass is 10.1. The number of ether oxygens (including phenoxy) is 1. The molecule has 0 aliphatic heterocycles. The Hall–Kier alpha value is -1.58. The van der Waals surface area contributed by atoms with Gasteiger partial charge in [0.2, 0.25) is 0 Å². The Kier molecular flexibility index (Phi) is 3.45. The number of halogens is 1. The molecular weight excluding hydrogens is 187 g/mol. The molecule has 1 aromatic carbocycles. The number of carbonyl (C=O) groups is 1. The number of hydrogen-bond acceptors (Lipinski definition) is 3. The molecule has 1 N–H and O–H groups in total. The van der Waals surface area contributed by atoms with Crippen LogP contribution in [0.15, 0.2) is 18.2 Å². The van der Waals surface area contributed by atoms with Crippen molar-refractivity contribution in [2.45, 2.75) is 13.3 Å². The van der Waals surface area contributed by atoms with E-state index < -0.39 is 17.5 Å². The first-order chi connectivity index (χ1) is 6.65. The first kappa shape index (κ1) is 10.5. The van der Waals surface area contributed by atoms with E-state index in [4.69, 9.17) is 0 Å². The molecule has 0 saturated carbocycles. The largest absolute Gasteiger partial charge is 0.505 e. The zero-order valence-corrected chi connectivity index (χ0v) is 7.79. The van der Waals surface area contributed by atoms with Crippen molar-refractivity contribution in [1.82, 2.24) is 0 Å². The van der Waals surface area contributed by atoms with E-state index in [0.717, 1.165) is 6.07 Å². The number of esters is 1. The first-order valence-corrected chi connectivity index (χ1v) is 4.27. The molecule has 1 aromatic rings. The van der Waals surface area contributed by atoms with E-state index in [0.29, 0.717) is 0 Å². The first-order valence-electron chi connectivity index (χ1n) is 4.27. The summed E-state index contributed by atoms with van der Waals surface area (Å²) in [7, 11) is 0. The maximum Gasteiger partial charge on any atom is 0.310 e. The lowest BCUT2D eigenvalue weighted by molar-refractivity contribution is -0.142. The van der Waals surface area contributed by atoms with Gasteiger partial charge in [0.15, 0.2) is 11.6 Å². The summed E-state index contributed by atoms with van der Waals surface area (Å²) in [5.41, 5.74) is 0.239. The molecule has 0 aliphatic rings. The second kappa shape index (κ2) is 4.60. The van der Waals surface area contributed by atoms with Gasteiger partial charge >= 0.3 is 5.97 Å². The van der Waals surface area contributed by atoms with E-state index in [9.17, 15) is 14.3 Å². The van der Waals surface area contributed by atoms with E-state index in [1.54, 1.807) is 6.92 Å². The number of hydrogen-bond donors (Lipinski definition) is 1. The molecule has 0 aromatic heterocycles. The van der Waals surface area contributed by atoms with Crippen LogP contribution in [0.1, 0.15) is 12.5 Å². The lowest BCUT2D eigenvalue weighted by Crippen LogP contribution is -2.07. The summed E-state index contributed by atoms with van der Waals surface area (Å²) in [6.45, 7) is 1.96. The highest BCUT2D eigenvalue weighted by Crippen LogP contribution is 2.21. The van der Waals surface area contributed by atoms with Gasteiger partial charge < -0.3 is 9.84 Å². The minimum atomic E-state index is -0.730. The van der Waals surface area contributed by atoms with Crippen molar-refractivity contribution < 1.29 is 19.0 Å². The summed E-state index contributed by atoms with van der Waals surface area (Å²) < 4.78 is 17.5. The van der Waals surface area contributed by atoms with Crippen LogP contribution in [0.25, 0.3) is 0 Å². The summed E-state index contributed by atoms with van der Waals surface area (Å²) in [6, 6.07) is 4.04. The molecule has 3 nitrogen and oxygen atoms in total. The predicted octanol–water partition coefficient (Wildman–Crippen LogP) is 1.64. The molecule has 0 heterocycles. The van der Waals surface area contributed by atoms with Gasteiger partial charge in [-0.05, 0) is 13.0 Å². The number of rotatable bonds is 3. The molecular formula is C10H11FO3. The number of benzene rings is 1. The molecule has 76 valence electrons. The summed E-state index contributed by atoms with van der Waals surface area (Å²) >= 11 is 0. The van der Waals surface area contributed by atoms with Crippen LogP contribution in [0.5, 0.6) is 5.75 Å². The fraction of sp³-hybridized carbons (Fsp3) is 0.300. The van der Waals surface area contributed by atoms with Gasteiger partial charge in [0.05, 0.1) is 13.0 Å². The van der Waals surface area contributed by atoms with Crippen LogP contribution in [-0.2, 0) is 16.0 Å². The summed E-state index contributed by atoms with van der Waals surface area (Å²) in [5, 5.41) is 9.23. The van der Waals surface area contributed by atoms with E-state index in [1.165, 1.54) is 12.1 Å². The monoisotopic (exact) mass is 198 g/mol. The molecule has 0 radical (unpaired) electrons. The highest BCUT2D eigenvalue weighted by molar-refractivity contribution is 5.73. The fourth-order valence-electron chi connectivity index (χ4n) is 1.07. The van der Waals surface area contributed by atoms with E-state index in [1.807, 2.05) is 0 Å². The quantitative estimate of drug-likeness (QED) is 0.751. The van der Waals surface area contributed by atoms with Gasteiger partial charge in [0, 0.05) is 5.56 Å². The minimum Gasteiger partial charge on any atom is -0.505 e. The van der Waals surface area contributed by atoms with Crippen molar-refractivity contribution in [2.24, 2.45) is 0 Å². The summed E-state index contributed by atoms with van der Waals surface area (Å²) in [6.07, 6.45) is -0.114. The van der Waals surface area contributed by atoms with Crippen LogP contribution in [0.4, 0.5) is 4.39 Å². The molecule has 0 unspecified atom stereocenters. The van der Waals surface area contributed by atoms with Gasteiger partial charge in [-0.25, -0.2) is 4.39 Å². The van der Waals surface area contributed by atoms with Crippen LogP contribution in [0, 0.1) is 5.82 Å². The smallest absolute Gasteiger partial charge is 0.310 e. The van der Waals surface area contributed by atoms with Gasteiger partial charge in [0.25, 0.3) is 0 Å². The van der Waals surface area contributed by atoms with Crippen LogP contribution < -0.4 is 0 Å². The molecule has 4 heteroatoms. The molecule has 0 bridgehead atoms. The van der Waals surface area contributed by atoms with Crippen LogP contribution in [0.3, 0.4) is 0 Å². The van der Waals surface area contributed by atoms with Crippen LogP contribution in [-0.4, -0.2) is 17.7 Å². The lowest BCUT2D eigenvalue weighted by Gasteiger charge is -2.04. The van der Waals surface area contributed by atoms with Crippen LogP contribution in [0.2, 0.25) is 0 Å². The highest BCUT2D eigenvalue weighted by atomic mass is 19.1. The molecule has 0 atom stereocenters. The molecule has 14 heavy (non-hydrogen) atoms. The molecule has 1 rings (SSSR count). The average molecular weight is 198 g/mol. The average Bonchev–Trinajstić information content (AvgIpc) is 2.13. The van der Waals surface area contributed by atoms with Crippen molar-refractivity contribution in [3.05, 3.63) is 29.6 Å². The molecule has 0 aliphatic carbocycles. The van der Waals surface area contributed by atoms with Gasteiger partial charge in [-0.3, -0.25) is 4.79 Å². The molecule has 0 spiro atoms. The Morgan fingerprint density at radius 2 is 2.29 bits per heavy atom. The SMILES string of the molecule is CCOC(=O)Cc1cccc(F)c1O. The fourth-order valence-corrected chi connectivity index (χ4v) is 1.07. The number of phenolic OH excluding ortho intramolecular Hbond substituents is 1. The Bertz CT molecular complexity index is 336. The van der Waals surface area contributed by atoms with Crippen molar-refractivity contribution in [2.75, 3.05) is 6.61 Å². The van der Waals surface area contributed by atoms with Crippen molar-refractivity contribution in [3.63, 3.8) is 0 Å². The third-order valence-electron chi connectivity index (χ3n) is 1.71. The Balaban J connectivity index is 2.76. The van der Waals surface area contributed by atoms with Gasteiger partial charge in [-0.15, -0.1) is 0 Å². The van der Waals surface area contributed by atoms with E-state index in [2.05, 4.69) is 4.74 Å². The van der Waals surface area contributed by atoms with Crippen molar-refractivity contribution in [1.29, 1.82) is 0 Å². The second-order valence-electron chi connectivity index (χ2n) is 2.73. The summed E-state index contributed by atoms with van der Waals surface area (Å²) in [5.74, 6) is -1.69. The zero-order chi connectivity index (χ0) is 10.6. The molecule has 0 fully saturated rings. The Morgan fingerprint density at radius 1 is 1.57 bits per heavy atom. The highest BCUT2D eigenvalue weighted by Gasteiger charge is 2.10. The van der Waals surface area contributed by atoms with Gasteiger partial charge in [-0.2, -0.15) is 0 Å². The standard InChI is InChI=1S/C10H11FO3/c1-2-14-9(12)6-7-4-3-5-8(11)10(7)13/h3-5,13H,2,6H2,1H3. The topological polar surface area (TPSA) is 46.5 Å². The minimum absolute atomic E-state index is 0.114. The molecule has 0 saturated heterocycles. The number of phenols is 1. The predicted molar refractivity (Wildman–Crippen MR) is 48.4 cm³/mol. The normalized spacial score (nSPS) is 9.86. The maximum absolute atomic E-state index is 12.8. The number of carbonyl (C=O) groups excluding carboxylic acids is 1. The molecule has 0 amide bonds.